The predicted octanol–water partition coefficient (Wildman–Crippen LogP) is 2.67. The van der Waals surface area contributed by atoms with Crippen molar-refractivity contribution >= 4 is 5.78 Å². The van der Waals surface area contributed by atoms with Crippen molar-refractivity contribution in [2.45, 2.75) is 63.8 Å². The molecule has 0 aromatic rings. The van der Waals surface area contributed by atoms with Crippen LogP contribution in [0.15, 0.2) is 0 Å². The second kappa shape index (κ2) is 5.64. The molecule has 2 nitrogen and oxygen atoms in total. The van der Waals surface area contributed by atoms with Gasteiger partial charge in [0.2, 0.25) is 0 Å². The minimum Gasteiger partial charge on any atom is -0.314 e. The first-order valence-electron chi connectivity index (χ1n) is 6.59. The van der Waals surface area contributed by atoms with Crippen molar-refractivity contribution in [3.05, 3.63) is 0 Å². The molecule has 1 unspecified atom stereocenters. The monoisotopic (exact) mass is 209 g/mol. The highest BCUT2D eigenvalue weighted by atomic mass is 16.1. The number of hydrogen-bond donors (Lipinski definition) is 1. The summed E-state index contributed by atoms with van der Waals surface area (Å²) in [7, 11) is 0. The molecule has 1 N–H and O–H groups in total. The minimum absolute atomic E-state index is 0.501. The highest BCUT2D eigenvalue weighted by Crippen LogP contribution is 2.27. The number of hydrogen-bond acceptors (Lipinski definition) is 2. The van der Waals surface area contributed by atoms with E-state index in [4.69, 9.17) is 0 Å². The van der Waals surface area contributed by atoms with Gasteiger partial charge in [-0.1, -0.05) is 32.1 Å². The molecule has 0 spiro atoms. The Morgan fingerprint density at radius 3 is 2.47 bits per heavy atom. The average Bonchev–Trinajstić information content (AvgIpc) is 2.71. The van der Waals surface area contributed by atoms with E-state index in [9.17, 15) is 4.79 Å². The quantitative estimate of drug-likeness (QED) is 0.771. The second-order valence-corrected chi connectivity index (χ2v) is 5.24. The number of rotatable bonds is 4. The van der Waals surface area contributed by atoms with Crippen molar-refractivity contribution in [2.75, 3.05) is 6.54 Å². The summed E-state index contributed by atoms with van der Waals surface area (Å²) in [5.41, 5.74) is 0. The molecule has 2 heteroatoms. The zero-order chi connectivity index (χ0) is 10.5. The van der Waals surface area contributed by atoms with E-state index in [1.807, 2.05) is 0 Å². The molecule has 0 bridgehead atoms. The zero-order valence-electron chi connectivity index (χ0n) is 9.63. The Labute approximate surface area is 92.8 Å². The standard InChI is InChI=1S/C13H23NO/c15-13(10-12-7-4-8-14-12)9-11-5-2-1-3-6-11/h11-12,14H,1-10H2. The fourth-order valence-electron chi connectivity index (χ4n) is 3.00. The lowest BCUT2D eigenvalue weighted by Gasteiger charge is -2.21. The van der Waals surface area contributed by atoms with Crippen LogP contribution in [0, 0.1) is 5.92 Å². The Hall–Kier alpha value is -0.370. The average molecular weight is 209 g/mol. The lowest BCUT2D eigenvalue weighted by molar-refractivity contribution is -0.120. The molecular weight excluding hydrogens is 186 g/mol. The molecule has 2 rings (SSSR count). The SMILES string of the molecule is O=C(CC1CCCCC1)CC1CCCN1. The Morgan fingerprint density at radius 1 is 1.00 bits per heavy atom. The van der Waals surface area contributed by atoms with Gasteiger partial charge in [0.15, 0.2) is 0 Å². The lowest BCUT2D eigenvalue weighted by atomic mass is 9.85. The summed E-state index contributed by atoms with van der Waals surface area (Å²) < 4.78 is 0. The topological polar surface area (TPSA) is 29.1 Å². The molecule has 1 aliphatic carbocycles. The molecule has 2 aliphatic rings. The van der Waals surface area contributed by atoms with E-state index in [-0.39, 0.29) is 0 Å². The zero-order valence-corrected chi connectivity index (χ0v) is 9.63. The second-order valence-electron chi connectivity index (χ2n) is 5.24. The molecule has 0 radical (unpaired) electrons. The Bertz CT molecular complexity index is 203. The van der Waals surface area contributed by atoms with E-state index < -0.39 is 0 Å². The van der Waals surface area contributed by atoms with Crippen LogP contribution in [0.1, 0.15) is 57.8 Å². The molecule has 1 aliphatic heterocycles. The summed E-state index contributed by atoms with van der Waals surface area (Å²) in [4.78, 5) is 11.8. The van der Waals surface area contributed by atoms with Crippen LogP contribution < -0.4 is 5.32 Å². The van der Waals surface area contributed by atoms with Gasteiger partial charge >= 0.3 is 0 Å². The maximum Gasteiger partial charge on any atom is 0.134 e. The van der Waals surface area contributed by atoms with Crippen LogP contribution in [0.2, 0.25) is 0 Å². The molecule has 15 heavy (non-hydrogen) atoms. The molecule has 0 amide bonds. The van der Waals surface area contributed by atoms with Gasteiger partial charge in [0.1, 0.15) is 5.78 Å². The molecule has 2 fully saturated rings. The van der Waals surface area contributed by atoms with Crippen molar-refractivity contribution < 1.29 is 4.79 Å². The first-order valence-corrected chi connectivity index (χ1v) is 6.59. The maximum atomic E-state index is 11.8. The number of carbonyl (C=O) groups is 1. The van der Waals surface area contributed by atoms with Gasteiger partial charge in [0.25, 0.3) is 0 Å². The predicted molar refractivity (Wildman–Crippen MR) is 61.8 cm³/mol. The molecular formula is C13H23NO. The van der Waals surface area contributed by atoms with Crippen LogP contribution in [-0.2, 0) is 4.79 Å². The van der Waals surface area contributed by atoms with Crippen LogP contribution in [-0.4, -0.2) is 18.4 Å². The van der Waals surface area contributed by atoms with Crippen LogP contribution in [0.3, 0.4) is 0 Å². The molecule has 0 aromatic carbocycles. The highest BCUT2D eigenvalue weighted by molar-refractivity contribution is 5.79. The maximum absolute atomic E-state index is 11.8. The summed E-state index contributed by atoms with van der Waals surface area (Å²) in [5, 5.41) is 3.40. The number of nitrogens with one attached hydrogen (secondary N) is 1. The van der Waals surface area contributed by atoms with Gasteiger partial charge in [-0.05, 0) is 25.3 Å². The van der Waals surface area contributed by atoms with Gasteiger partial charge in [-0.2, -0.15) is 0 Å². The van der Waals surface area contributed by atoms with Gasteiger partial charge in [-0.25, -0.2) is 0 Å². The van der Waals surface area contributed by atoms with Gasteiger partial charge < -0.3 is 5.32 Å². The van der Waals surface area contributed by atoms with Crippen molar-refractivity contribution in [1.82, 2.24) is 5.32 Å². The van der Waals surface area contributed by atoms with Crippen LogP contribution in [0.5, 0.6) is 0 Å². The molecule has 1 saturated heterocycles. The van der Waals surface area contributed by atoms with E-state index >= 15 is 0 Å². The first-order chi connectivity index (χ1) is 7.34. The Kier molecular flexibility index (Phi) is 4.18. The Balaban J connectivity index is 1.66. The highest BCUT2D eigenvalue weighted by Gasteiger charge is 2.21. The summed E-state index contributed by atoms with van der Waals surface area (Å²) in [5.74, 6) is 1.22. The summed E-state index contributed by atoms with van der Waals surface area (Å²) in [6, 6.07) is 0.501. The van der Waals surface area contributed by atoms with E-state index in [1.54, 1.807) is 0 Å². The smallest absolute Gasteiger partial charge is 0.134 e. The fourth-order valence-corrected chi connectivity index (χ4v) is 3.00. The van der Waals surface area contributed by atoms with Crippen molar-refractivity contribution in [1.29, 1.82) is 0 Å². The van der Waals surface area contributed by atoms with E-state index in [1.165, 1.54) is 44.9 Å². The van der Waals surface area contributed by atoms with Crippen molar-refractivity contribution in [3.63, 3.8) is 0 Å². The Morgan fingerprint density at radius 2 is 1.80 bits per heavy atom. The van der Waals surface area contributed by atoms with Gasteiger partial charge in [0.05, 0.1) is 0 Å². The summed E-state index contributed by atoms with van der Waals surface area (Å²) >= 11 is 0. The molecule has 1 heterocycles. The van der Waals surface area contributed by atoms with E-state index in [2.05, 4.69) is 5.32 Å². The number of Topliss-reactive ketones (excluding diaryl/α,β-unsaturated/α-hetero) is 1. The van der Waals surface area contributed by atoms with Gasteiger partial charge in [-0.3, -0.25) is 4.79 Å². The fraction of sp³-hybridized carbons (Fsp3) is 0.923. The normalized spacial score (nSPS) is 28.1. The van der Waals surface area contributed by atoms with Crippen LogP contribution in [0.4, 0.5) is 0 Å². The number of ketones is 1. The third-order valence-corrected chi connectivity index (χ3v) is 3.88. The summed E-state index contributed by atoms with van der Waals surface area (Å²) in [6.45, 7) is 1.11. The van der Waals surface area contributed by atoms with Crippen LogP contribution >= 0.6 is 0 Å². The molecule has 0 aromatic heterocycles. The van der Waals surface area contributed by atoms with Crippen molar-refractivity contribution in [3.8, 4) is 0 Å². The third-order valence-electron chi connectivity index (χ3n) is 3.88. The van der Waals surface area contributed by atoms with Gasteiger partial charge in [-0.15, -0.1) is 0 Å². The third kappa shape index (κ3) is 3.60. The number of carbonyl (C=O) groups excluding carboxylic acids is 1. The van der Waals surface area contributed by atoms with E-state index in [0.29, 0.717) is 17.7 Å². The van der Waals surface area contributed by atoms with Crippen molar-refractivity contribution in [2.24, 2.45) is 5.92 Å². The molecule has 86 valence electrons. The van der Waals surface area contributed by atoms with Gasteiger partial charge in [0, 0.05) is 18.9 Å². The minimum atomic E-state index is 0.501. The largest absolute Gasteiger partial charge is 0.314 e. The van der Waals surface area contributed by atoms with E-state index in [0.717, 1.165) is 19.4 Å². The first kappa shape index (κ1) is 11.1. The molecule has 1 atom stereocenters. The summed E-state index contributed by atoms with van der Waals surface area (Å²) in [6.07, 6.45) is 10.8. The lowest BCUT2D eigenvalue weighted by Crippen LogP contribution is -2.25. The molecule has 1 saturated carbocycles. The van der Waals surface area contributed by atoms with Crippen LogP contribution in [0.25, 0.3) is 0 Å².